The molecule has 0 saturated carbocycles. The first kappa shape index (κ1) is 13.0. The molecule has 0 aliphatic carbocycles. The Labute approximate surface area is 118 Å². The minimum atomic E-state index is -2.14. The lowest BCUT2D eigenvalue weighted by atomic mass is 10.0. The second kappa shape index (κ2) is 4.53. The van der Waals surface area contributed by atoms with E-state index < -0.39 is 7.80 Å². The van der Waals surface area contributed by atoms with Crippen LogP contribution in [0.5, 0.6) is 11.5 Å². The molecule has 3 rings (SSSR count). The van der Waals surface area contributed by atoms with Gasteiger partial charge in [0.25, 0.3) is 0 Å². The van der Waals surface area contributed by atoms with Crippen molar-refractivity contribution >= 4 is 18.6 Å². The molecule has 100 valence electrons. The van der Waals surface area contributed by atoms with Gasteiger partial charge in [0.05, 0.1) is 5.56 Å². The summed E-state index contributed by atoms with van der Waals surface area (Å²) in [6, 6.07) is 9.14. The van der Waals surface area contributed by atoms with Crippen molar-refractivity contribution < 1.29 is 14.1 Å². The number of hydrogen-bond acceptors (Lipinski definition) is 3. The average molecular weight is 285 g/mol. The predicted molar refractivity (Wildman–Crippen MR) is 78.7 cm³/mol. The highest BCUT2D eigenvalue weighted by molar-refractivity contribution is 7.71. The minimum absolute atomic E-state index is 0.320. The van der Waals surface area contributed by atoms with Gasteiger partial charge in [-0.2, -0.15) is 0 Å². The van der Waals surface area contributed by atoms with E-state index in [2.05, 4.69) is 0 Å². The highest BCUT2D eigenvalue weighted by Crippen LogP contribution is 2.47. The maximum atomic E-state index is 12.5. The third-order valence-electron chi connectivity index (χ3n) is 3.42. The Bertz CT molecular complexity index is 739. The van der Waals surface area contributed by atoms with Gasteiger partial charge in [-0.3, -0.25) is 0 Å². The molecule has 2 aromatic carbocycles. The maximum Gasteiger partial charge on any atom is 0.462 e. The number of rotatable bonds is 3. The van der Waals surface area contributed by atoms with Crippen molar-refractivity contribution in [3.8, 4) is 11.5 Å². The van der Waals surface area contributed by atoms with Crippen molar-refractivity contribution in [3.63, 3.8) is 0 Å². The molecule has 1 heterocycles. The van der Waals surface area contributed by atoms with Gasteiger partial charge in [0.1, 0.15) is 0 Å². The number of carbonyl (C=O) groups is 1. The van der Waals surface area contributed by atoms with E-state index in [1.165, 1.54) is 0 Å². The number of ether oxygens (including phenoxy) is 1. The van der Waals surface area contributed by atoms with Gasteiger partial charge in [0, 0.05) is 0 Å². The topological polar surface area (TPSA) is 46.7 Å². The van der Waals surface area contributed by atoms with E-state index in [9.17, 15) is 9.36 Å². The molecule has 0 saturated heterocycles. The molecular formula is C16H14O3P+. The van der Waals surface area contributed by atoms with Crippen molar-refractivity contribution in [1.82, 2.24) is 0 Å². The van der Waals surface area contributed by atoms with E-state index in [-0.39, 0.29) is 5.52 Å². The lowest BCUT2D eigenvalue weighted by Gasteiger charge is -2.04. The Morgan fingerprint density at radius 1 is 1.10 bits per heavy atom. The van der Waals surface area contributed by atoms with Crippen LogP contribution in [0.1, 0.15) is 27.0 Å². The molecule has 0 amide bonds. The number of benzene rings is 2. The van der Waals surface area contributed by atoms with Crippen LogP contribution in [0.4, 0.5) is 0 Å². The van der Waals surface area contributed by atoms with Crippen LogP contribution in [0.2, 0.25) is 0 Å². The highest BCUT2D eigenvalue weighted by Gasteiger charge is 2.42. The van der Waals surface area contributed by atoms with Gasteiger partial charge in [-0.15, -0.1) is 0 Å². The molecule has 0 bridgehead atoms. The van der Waals surface area contributed by atoms with E-state index in [0.717, 1.165) is 22.4 Å². The summed E-state index contributed by atoms with van der Waals surface area (Å²) in [5, 5.41) is 0.502. The van der Waals surface area contributed by atoms with Crippen LogP contribution in [0.25, 0.3) is 0 Å². The third-order valence-corrected chi connectivity index (χ3v) is 4.80. The van der Waals surface area contributed by atoms with Crippen LogP contribution in [0.15, 0.2) is 30.3 Å². The SMILES string of the molecule is Cc1cc(C)c(C(=O)[P+](=O)c2cccc3c2O3)c(C)c1. The first-order valence-electron chi connectivity index (χ1n) is 6.39. The lowest BCUT2D eigenvalue weighted by molar-refractivity contribution is 0.107. The average Bonchev–Trinajstić information content (AvgIpc) is 3.15. The van der Waals surface area contributed by atoms with Crippen molar-refractivity contribution in [2.75, 3.05) is 0 Å². The molecule has 1 unspecified atom stereocenters. The quantitative estimate of drug-likeness (QED) is 0.539. The molecule has 20 heavy (non-hydrogen) atoms. The number of hydrogen-bond donors (Lipinski definition) is 0. The Kier molecular flexibility index (Phi) is 2.95. The van der Waals surface area contributed by atoms with Crippen LogP contribution in [-0.2, 0) is 4.57 Å². The molecule has 1 aliphatic rings. The van der Waals surface area contributed by atoms with Crippen LogP contribution in [0.3, 0.4) is 0 Å². The Morgan fingerprint density at radius 2 is 1.75 bits per heavy atom. The summed E-state index contributed by atoms with van der Waals surface area (Å²) < 4.78 is 17.7. The van der Waals surface area contributed by atoms with E-state index in [4.69, 9.17) is 4.74 Å². The summed E-state index contributed by atoms with van der Waals surface area (Å²) in [4.78, 5) is 12.5. The summed E-state index contributed by atoms with van der Waals surface area (Å²) in [5.41, 5.74) is 3.08. The van der Waals surface area contributed by atoms with Gasteiger partial charge in [0.2, 0.25) is 11.1 Å². The molecule has 0 aromatic heterocycles. The van der Waals surface area contributed by atoms with Crippen LogP contribution in [0, 0.1) is 20.8 Å². The van der Waals surface area contributed by atoms with Gasteiger partial charge < -0.3 is 4.74 Å². The molecule has 1 aliphatic heterocycles. The Morgan fingerprint density at radius 3 is 2.40 bits per heavy atom. The summed E-state index contributed by atoms with van der Waals surface area (Å²) in [6.45, 7) is 5.74. The number of carbonyl (C=O) groups excluding carboxylic acids is 1. The smallest absolute Gasteiger partial charge is 0.444 e. The monoisotopic (exact) mass is 285 g/mol. The highest BCUT2D eigenvalue weighted by atomic mass is 31.1. The number of aryl methyl sites for hydroxylation is 3. The van der Waals surface area contributed by atoms with Gasteiger partial charge in [-0.05, 0) is 44.0 Å². The van der Waals surface area contributed by atoms with Crippen LogP contribution >= 0.6 is 7.80 Å². The van der Waals surface area contributed by atoms with E-state index in [0.29, 0.717) is 16.6 Å². The van der Waals surface area contributed by atoms with Gasteiger partial charge in [-0.25, -0.2) is 4.79 Å². The Balaban J connectivity index is 2.02. The normalized spacial score (nSPS) is 12.4. The maximum absolute atomic E-state index is 12.5. The van der Waals surface area contributed by atoms with Gasteiger partial charge in [-0.1, -0.05) is 28.3 Å². The first-order chi connectivity index (χ1) is 9.49. The van der Waals surface area contributed by atoms with Crippen LogP contribution < -0.4 is 10.0 Å². The fourth-order valence-electron chi connectivity index (χ4n) is 2.56. The van der Waals surface area contributed by atoms with E-state index >= 15 is 0 Å². The molecule has 3 nitrogen and oxygen atoms in total. The molecular weight excluding hydrogens is 271 g/mol. The fourth-order valence-corrected chi connectivity index (χ4v) is 3.90. The number of para-hydroxylation sites is 1. The number of fused-ring (bicyclic) bond motifs is 1. The summed E-state index contributed by atoms with van der Waals surface area (Å²) in [5.74, 6) is 1.32. The molecule has 4 heteroatoms. The second-order valence-electron chi connectivity index (χ2n) is 5.08. The fraction of sp³-hybridized carbons (Fsp3) is 0.188. The largest absolute Gasteiger partial charge is 0.462 e. The van der Waals surface area contributed by atoms with Crippen molar-refractivity contribution in [1.29, 1.82) is 0 Å². The minimum Gasteiger partial charge on any atom is -0.444 e. The molecule has 0 radical (unpaired) electrons. The Hall–Kier alpha value is -1.99. The molecule has 0 spiro atoms. The zero-order valence-corrected chi connectivity index (χ0v) is 12.5. The summed E-state index contributed by atoms with van der Waals surface area (Å²) >= 11 is 0. The molecule has 0 fully saturated rings. The van der Waals surface area contributed by atoms with Crippen molar-refractivity contribution in [2.24, 2.45) is 0 Å². The molecule has 1 atom stereocenters. The van der Waals surface area contributed by atoms with Crippen molar-refractivity contribution in [2.45, 2.75) is 20.8 Å². The van der Waals surface area contributed by atoms with E-state index in [1.807, 2.05) is 32.9 Å². The van der Waals surface area contributed by atoms with Crippen LogP contribution in [-0.4, -0.2) is 5.52 Å². The zero-order valence-electron chi connectivity index (χ0n) is 11.6. The second-order valence-corrected chi connectivity index (χ2v) is 6.56. The standard InChI is InChI=1S/C16H14O3P/c1-9-7-10(2)14(11(3)8-9)16(17)20(18)13-6-4-5-12-15(13)19-12/h4-8H,1-3H3/q+1. The van der Waals surface area contributed by atoms with Crippen molar-refractivity contribution in [3.05, 3.63) is 52.6 Å². The summed E-state index contributed by atoms with van der Waals surface area (Å²) in [7, 11) is -2.14. The predicted octanol–water partition coefficient (Wildman–Crippen LogP) is 4.01. The molecule has 0 N–H and O–H groups in total. The zero-order chi connectivity index (χ0) is 14.4. The third kappa shape index (κ3) is 2.04. The van der Waals surface area contributed by atoms with Gasteiger partial charge >= 0.3 is 13.3 Å². The lowest BCUT2D eigenvalue weighted by Crippen LogP contribution is -2.06. The first-order valence-corrected chi connectivity index (χ1v) is 7.65. The molecule has 2 aromatic rings. The van der Waals surface area contributed by atoms with Gasteiger partial charge in [0.15, 0.2) is 5.75 Å². The van der Waals surface area contributed by atoms with E-state index in [1.54, 1.807) is 18.2 Å². The summed E-state index contributed by atoms with van der Waals surface area (Å²) in [6.07, 6.45) is 0.